The normalized spacial score (nSPS) is 16.7. The average molecular weight is 444 g/mol. The maximum atomic E-state index is 13.1. The van der Waals surface area contributed by atoms with Crippen LogP contribution in [0.4, 0.5) is 0 Å². The fraction of sp³-hybridized carbons (Fsp3) is 0.235. The lowest BCUT2D eigenvalue weighted by molar-refractivity contribution is 0.0632. The van der Waals surface area contributed by atoms with E-state index in [0.29, 0.717) is 24.4 Å². The SMILES string of the molecule is CC1c2nnc(-c3ccsc3)n2CCN1C(=O)c1cc2ncc(Br)cn2n1. The van der Waals surface area contributed by atoms with E-state index in [-0.39, 0.29) is 11.9 Å². The number of aromatic nitrogens is 6. The lowest BCUT2D eigenvalue weighted by Crippen LogP contribution is -2.41. The summed E-state index contributed by atoms with van der Waals surface area (Å²) in [4.78, 5) is 19.1. The third kappa shape index (κ3) is 2.67. The Hall–Kier alpha value is -2.59. The van der Waals surface area contributed by atoms with Crippen LogP contribution in [0.2, 0.25) is 0 Å². The van der Waals surface area contributed by atoms with Crippen LogP contribution in [0.15, 0.2) is 39.8 Å². The van der Waals surface area contributed by atoms with Crippen molar-refractivity contribution in [1.29, 1.82) is 0 Å². The Bertz CT molecular complexity index is 1150. The van der Waals surface area contributed by atoms with Crippen molar-refractivity contribution >= 4 is 38.8 Å². The van der Waals surface area contributed by atoms with Crippen molar-refractivity contribution in [3.63, 3.8) is 0 Å². The molecule has 27 heavy (non-hydrogen) atoms. The highest BCUT2D eigenvalue weighted by molar-refractivity contribution is 9.10. The molecular formula is C17H14BrN7OS. The summed E-state index contributed by atoms with van der Waals surface area (Å²) < 4.78 is 4.50. The zero-order chi connectivity index (χ0) is 18.5. The second-order valence-electron chi connectivity index (χ2n) is 6.32. The van der Waals surface area contributed by atoms with Gasteiger partial charge in [0.15, 0.2) is 23.0 Å². The number of rotatable bonds is 2. The average Bonchev–Trinajstić information content (AvgIpc) is 3.39. The Morgan fingerprint density at radius 1 is 1.33 bits per heavy atom. The second kappa shape index (κ2) is 6.24. The van der Waals surface area contributed by atoms with Crippen molar-refractivity contribution in [2.45, 2.75) is 19.5 Å². The summed E-state index contributed by atoms with van der Waals surface area (Å²) in [6.07, 6.45) is 3.46. The van der Waals surface area contributed by atoms with Crippen LogP contribution in [0, 0.1) is 0 Å². The van der Waals surface area contributed by atoms with Crippen LogP contribution in [0.25, 0.3) is 17.0 Å². The van der Waals surface area contributed by atoms with Gasteiger partial charge in [0, 0.05) is 42.5 Å². The van der Waals surface area contributed by atoms with E-state index in [0.717, 1.165) is 21.7 Å². The van der Waals surface area contributed by atoms with E-state index >= 15 is 0 Å². The van der Waals surface area contributed by atoms with Gasteiger partial charge >= 0.3 is 0 Å². The van der Waals surface area contributed by atoms with Gasteiger partial charge in [-0.15, -0.1) is 10.2 Å². The summed E-state index contributed by atoms with van der Waals surface area (Å²) in [5.74, 6) is 1.52. The molecule has 0 fully saturated rings. The molecular weight excluding hydrogens is 430 g/mol. The zero-order valence-electron chi connectivity index (χ0n) is 14.3. The first-order chi connectivity index (χ1) is 13.1. The highest BCUT2D eigenvalue weighted by Gasteiger charge is 2.33. The molecule has 4 aromatic rings. The lowest BCUT2D eigenvalue weighted by atomic mass is 10.2. The maximum Gasteiger partial charge on any atom is 0.275 e. The number of fused-ring (bicyclic) bond motifs is 2. The summed E-state index contributed by atoms with van der Waals surface area (Å²) in [7, 11) is 0. The van der Waals surface area contributed by atoms with Crippen molar-refractivity contribution in [2.24, 2.45) is 0 Å². The van der Waals surface area contributed by atoms with E-state index in [4.69, 9.17) is 0 Å². The molecule has 0 aliphatic carbocycles. The molecule has 0 bridgehead atoms. The minimum absolute atomic E-state index is 0.129. The summed E-state index contributed by atoms with van der Waals surface area (Å²) in [6.45, 7) is 3.20. The van der Waals surface area contributed by atoms with Crippen LogP contribution in [0.5, 0.6) is 0 Å². The Balaban J connectivity index is 1.47. The molecule has 1 unspecified atom stereocenters. The molecule has 4 aromatic heterocycles. The Morgan fingerprint density at radius 2 is 2.22 bits per heavy atom. The Kier molecular flexibility index (Phi) is 3.83. The standard InChI is InChI=1S/C17H14BrN7OS/c1-10-15-20-21-16(11-2-5-27-9-11)24(15)4-3-23(10)17(26)13-6-14-19-7-12(18)8-25(14)22-13/h2,5-10H,3-4H2,1H3. The summed E-state index contributed by atoms with van der Waals surface area (Å²) >= 11 is 5.00. The molecule has 0 N–H and O–H groups in total. The van der Waals surface area contributed by atoms with Crippen molar-refractivity contribution in [1.82, 2.24) is 34.3 Å². The van der Waals surface area contributed by atoms with Crippen molar-refractivity contribution in [3.8, 4) is 11.4 Å². The van der Waals surface area contributed by atoms with E-state index in [1.54, 1.807) is 39.2 Å². The van der Waals surface area contributed by atoms with Gasteiger partial charge in [-0.1, -0.05) is 0 Å². The fourth-order valence-electron chi connectivity index (χ4n) is 3.37. The molecule has 136 valence electrons. The van der Waals surface area contributed by atoms with Crippen LogP contribution >= 0.6 is 27.3 Å². The van der Waals surface area contributed by atoms with Crippen LogP contribution in [-0.2, 0) is 6.54 Å². The fourth-order valence-corrected chi connectivity index (χ4v) is 4.30. The molecule has 0 saturated carbocycles. The van der Waals surface area contributed by atoms with E-state index in [9.17, 15) is 4.79 Å². The molecule has 1 aliphatic rings. The number of nitrogens with zero attached hydrogens (tertiary/aromatic N) is 7. The van der Waals surface area contributed by atoms with Gasteiger partial charge in [-0.2, -0.15) is 16.4 Å². The minimum Gasteiger partial charge on any atom is -0.325 e. The minimum atomic E-state index is -0.185. The van der Waals surface area contributed by atoms with Gasteiger partial charge in [-0.25, -0.2) is 9.50 Å². The molecule has 1 amide bonds. The number of carbonyl (C=O) groups excluding carboxylic acids is 1. The van der Waals surface area contributed by atoms with Gasteiger partial charge in [0.25, 0.3) is 5.91 Å². The van der Waals surface area contributed by atoms with Gasteiger partial charge in [0.05, 0.1) is 10.5 Å². The molecule has 8 nitrogen and oxygen atoms in total. The smallest absolute Gasteiger partial charge is 0.275 e. The first kappa shape index (κ1) is 16.6. The van der Waals surface area contributed by atoms with Crippen LogP contribution < -0.4 is 0 Å². The monoisotopic (exact) mass is 443 g/mol. The van der Waals surface area contributed by atoms with E-state index < -0.39 is 0 Å². The molecule has 5 heterocycles. The number of hydrogen-bond acceptors (Lipinski definition) is 6. The lowest BCUT2D eigenvalue weighted by Gasteiger charge is -2.33. The molecule has 0 saturated heterocycles. The first-order valence-electron chi connectivity index (χ1n) is 8.39. The quantitative estimate of drug-likeness (QED) is 0.475. The number of carbonyl (C=O) groups is 1. The predicted molar refractivity (Wildman–Crippen MR) is 103 cm³/mol. The number of amides is 1. The maximum absolute atomic E-state index is 13.1. The number of thiophene rings is 1. The Morgan fingerprint density at radius 3 is 3.04 bits per heavy atom. The van der Waals surface area contributed by atoms with Crippen molar-refractivity contribution in [2.75, 3.05) is 6.54 Å². The zero-order valence-corrected chi connectivity index (χ0v) is 16.7. The molecule has 0 spiro atoms. The highest BCUT2D eigenvalue weighted by atomic mass is 79.9. The largest absolute Gasteiger partial charge is 0.325 e. The summed E-state index contributed by atoms with van der Waals surface area (Å²) in [6, 6.07) is 3.56. The second-order valence-corrected chi connectivity index (χ2v) is 8.02. The van der Waals surface area contributed by atoms with Gasteiger partial charge in [-0.05, 0) is 34.3 Å². The third-order valence-corrected chi connectivity index (χ3v) is 5.82. The molecule has 0 radical (unpaired) electrons. The highest BCUT2D eigenvalue weighted by Crippen LogP contribution is 2.30. The molecule has 10 heteroatoms. The first-order valence-corrected chi connectivity index (χ1v) is 10.1. The Labute approximate surface area is 166 Å². The van der Waals surface area contributed by atoms with Crippen molar-refractivity contribution < 1.29 is 4.79 Å². The van der Waals surface area contributed by atoms with Gasteiger partial charge in [0.1, 0.15) is 0 Å². The van der Waals surface area contributed by atoms with Gasteiger partial charge in [0.2, 0.25) is 0 Å². The van der Waals surface area contributed by atoms with E-state index in [2.05, 4.69) is 46.2 Å². The third-order valence-electron chi connectivity index (χ3n) is 4.73. The molecule has 1 aliphatic heterocycles. The summed E-state index contributed by atoms with van der Waals surface area (Å²) in [5.41, 5.74) is 2.07. The van der Waals surface area contributed by atoms with Crippen molar-refractivity contribution in [3.05, 3.63) is 51.3 Å². The van der Waals surface area contributed by atoms with E-state index in [1.807, 2.05) is 18.4 Å². The number of halogens is 1. The van der Waals surface area contributed by atoms with Crippen LogP contribution in [0.1, 0.15) is 29.3 Å². The topological polar surface area (TPSA) is 81.2 Å². The predicted octanol–water partition coefficient (Wildman–Crippen LogP) is 3.03. The van der Waals surface area contributed by atoms with E-state index in [1.165, 1.54) is 0 Å². The van der Waals surface area contributed by atoms with Crippen LogP contribution in [-0.4, -0.2) is 46.7 Å². The van der Waals surface area contributed by atoms with Gasteiger partial charge < -0.3 is 9.47 Å². The van der Waals surface area contributed by atoms with Crippen LogP contribution in [0.3, 0.4) is 0 Å². The summed E-state index contributed by atoms with van der Waals surface area (Å²) in [5, 5.41) is 17.2. The molecule has 0 aromatic carbocycles. The van der Waals surface area contributed by atoms with Gasteiger partial charge in [-0.3, -0.25) is 4.79 Å². The molecule has 1 atom stereocenters. The molecule has 5 rings (SSSR count). The number of hydrogen-bond donors (Lipinski definition) is 0.